The fourth-order valence-corrected chi connectivity index (χ4v) is 0.555. The van der Waals surface area contributed by atoms with E-state index in [0.29, 0.717) is 6.42 Å². The van der Waals surface area contributed by atoms with E-state index >= 15 is 0 Å². The van der Waals surface area contributed by atoms with Crippen LogP contribution >= 0.6 is 0 Å². The van der Waals surface area contributed by atoms with Crippen LogP contribution in [-0.4, -0.2) is 17.0 Å². The molecule has 0 aliphatic carbocycles. The first-order valence-corrected chi connectivity index (χ1v) is 3.19. The monoisotopic (exact) mass is 142 g/mol. The molecule has 56 valence electrons. The summed E-state index contributed by atoms with van der Waals surface area (Å²) in [5.74, 6) is 0.254. The Hall–Kier alpha value is -1.08. The van der Waals surface area contributed by atoms with Gasteiger partial charge in [-0.3, -0.25) is 0 Å². The molecule has 0 aromatic rings. The van der Waals surface area contributed by atoms with Crippen LogP contribution in [0.1, 0.15) is 26.2 Å². The number of hydrogen-bond donors (Lipinski definition) is 1. The van der Waals surface area contributed by atoms with Crippen molar-refractivity contribution in [1.29, 1.82) is 0 Å². The zero-order valence-corrected chi connectivity index (χ0v) is 5.89. The van der Waals surface area contributed by atoms with Gasteiger partial charge in [0.05, 0.1) is 0 Å². The van der Waals surface area contributed by atoms with Crippen LogP contribution in [0.4, 0.5) is 0 Å². The number of aliphatic carboxylic acids is 1. The minimum atomic E-state index is -1.15. The Morgan fingerprint density at radius 3 is 2.50 bits per heavy atom. The van der Waals surface area contributed by atoms with Crippen molar-refractivity contribution in [2.75, 3.05) is 0 Å². The molecule has 0 aromatic carbocycles. The standard InChI is InChI=1S/C7H10O3/c1-2-3-4-6(5-8)7(9)10/h2-4H2,1H3,(H,9,10). The van der Waals surface area contributed by atoms with Crippen LogP contribution in [0.25, 0.3) is 0 Å². The van der Waals surface area contributed by atoms with E-state index in [2.05, 4.69) is 0 Å². The van der Waals surface area contributed by atoms with Gasteiger partial charge in [0, 0.05) is 0 Å². The van der Waals surface area contributed by atoms with E-state index in [0.717, 1.165) is 12.8 Å². The highest BCUT2D eigenvalue weighted by atomic mass is 16.4. The van der Waals surface area contributed by atoms with Crippen molar-refractivity contribution in [1.82, 2.24) is 0 Å². The van der Waals surface area contributed by atoms with Gasteiger partial charge < -0.3 is 5.11 Å². The predicted octanol–water partition coefficient (Wildman–Crippen LogP) is 1.02. The van der Waals surface area contributed by atoms with Gasteiger partial charge >= 0.3 is 5.97 Å². The second-order valence-corrected chi connectivity index (χ2v) is 1.99. The van der Waals surface area contributed by atoms with Crippen LogP contribution in [0.5, 0.6) is 0 Å². The third kappa shape index (κ3) is 3.05. The van der Waals surface area contributed by atoms with Crippen molar-refractivity contribution in [2.24, 2.45) is 0 Å². The zero-order chi connectivity index (χ0) is 7.98. The molecule has 0 rings (SSSR count). The van der Waals surface area contributed by atoms with Gasteiger partial charge in [0.15, 0.2) is 0 Å². The van der Waals surface area contributed by atoms with E-state index in [-0.39, 0.29) is 5.57 Å². The van der Waals surface area contributed by atoms with Gasteiger partial charge in [-0.15, -0.1) is 0 Å². The summed E-state index contributed by atoms with van der Waals surface area (Å²) in [6, 6.07) is 0. The molecule has 10 heavy (non-hydrogen) atoms. The minimum absolute atomic E-state index is 0.151. The summed E-state index contributed by atoms with van der Waals surface area (Å²) in [5, 5.41) is 8.30. The number of carbonyl (C=O) groups excluding carboxylic acids is 1. The molecule has 0 radical (unpaired) electrons. The fourth-order valence-electron chi connectivity index (χ4n) is 0.555. The molecule has 0 bridgehead atoms. The molecule has 0 saturated carbocycles. The van der Waals surface area contributed by atoms with Crippen molar-refractivity contribution in [3.8, 4) is 0 Å². The van der Waals surface area contributed by atoms with E-state index < -0.39 is 5.97 Å². The summed E-state index contributed by atoms with van der Waals surface area (Å²) in [6.07, 6.45) is 1.95. The first-order chi connectivity index (χ1) is 4.72. The van der Waals surface area contributed by atoms with Crippen LogP contribution in [0, 0.1) is 0 Å². The van der Waals surface area contributed by atoms with Crippen molar-refractivity contribution in [2.45, 2.75) is 26.2 Å². The normalized spacial score (nSPS) is 8.50. The van der Waals surface area contributed by atoms with Crippen LogP contribution in [-0.2, 0) is 9.59 Å². The summed E-state index contributed by atoms with van der Waals surface area (Å²) >= 11 is 0. The number of carboxylic acid groups (broad SMARTS) is 1. The number of carbonyl (C=O) groups is 1. The first-order valence-electron chi connectivity index (χ1n) is 3.19. The Labute approximate surface area is 59.4 Å². The van der Waals surface area contributed by atoms with E-state index in [1.165, 1.54) is 5.94 Å². The van der Waals surface area contributed by atoms with Crippen molar-refractivity contribution >= 4 is 11.9 Å². The molecular formula is C7H10O3. The predicted molar refractivity (Wildman–Crippen MR) is 36.4 cm³/mol. The molecule has 3 nitrogen and oxygen atoms in total. The lowest BCUT2D eigenvalue weighted by Crippen LogP contribution is -2.00. The SMILES string of the molecule is CCCCC(=C=O)C(=O)O. The lowest BCUT2D eigenvalue weighted by Gasteiger charge is -1.92. The maximum Gasteiger partial charge on any atom is 0.342 e. The molecule has 0 heterocycles. The lowest BCUT2D eigenvalue weighted by molar-refractivity contribution is -0.132. The second-order valence-electron chi connectivity index (χ2n) is 1.99. The third-order valence-corrected chi connectivity index (χ3v) is 1.16. The molecule has 0 amide bonds. The highest BCUT2D eigenvalue weighted by molar-refractivity contribution is 5.95. The first kappa shape index (κ1) is 8.92. The van der Waals surface area contributed by atoms with Crippen molar-refractivity contribution in [3.63, 3.8) is 0 Å². The van der Waals surface area contributed by atoms with Gasteiger partial charge in [-0.05, 0) is 12.8 Å². The number of unbranched alkanes of at least 4 members (excludes halogenated alkanes) is 1. The Bertz CT molecular complexity index is 166. The summed E-state index contributed by atoms with van der Waals surface area (Å²) in [7, 11) is 0. The van der Waals surface area contributed by atoms with Gasteiger partial charge in [-0.2, -0.15) is 0 Å². The molecule has 0 saturated heterocycles. The van der Waals surface area contributed by atoms with Crippen LogP contribution in [0.3, 0.4) is 0 Å². The summed E-state index contributed by atoms with van der Waals surface area (Å²) in [6.45, 7) is 1.93. The summed E-state index contributed by atoms with van der Waals surface area (Å²) in [5.41, 5.74) is -0.151. The zero-order valence-electron chi connectivity index (χ0n) is 5.89. The maximum absolute atomic E-state index is 10.1. The van der Waals surface area contributed by atoms with E-state index in [1.54, 1.807) is 0 Å². The second kappa shape index (κ2) is 4.77. The highest BCUT2D eigenvalue weighted by Gasteiger charge is 2.05. The Kier molecular flexibility index (Phi) is 4.25. The summed E-state index contributed by atoms with van der Waals surface area (Å²) < 4.78 is 0. The molecule has 0 atom stereocenters. The van der Waals surface area contributed by atoms with E-state index in [4.69, 9.17) is 5.11 Å². The number of carboxylic acids is 1. The Morgan fingerprint density at radius 2 is 2.20 bits per heavy atom. The molecule has 0 fully saturated rings. The van der Waals surface area contributed by atoms with Crippen LogP contribution < -0.4 is 0 Å². The maximum atomic E-state index is 10.1. The van der Waals surface area contributed by atoms with E-state index in [9.17, 15) is 9.59 Å². The van der Waals surface area contributed by atoms with Gasteiger partial charge in [-0.25, -0.2) is 9.59 Å². The molecule has 0 aromatic heterocycles. The smallest absolute Gasteiger partial charge is 0.342 e. The fraction of sp³-hybridized carbons (Fsp3) is 0.571. The minimum Gasteiger partial charge on any atom is -0.477 e. The molecule has 3 heteroatoms. The van der Waals surface area contributed by atoms with Crippen LogP contribution in [0.2, 0.25) is 0 Å². The summed E-state index contributed by atoms with van der Waals surface area (Å²) in [4.78, 5) is 20.0. The highest BCUT2D eigenvalue weighted by Crippen LogP contribution is 2.02. The van der Waals surface area contributed by atoms with E-state index in [1.807, 2.05) is 6.92 Å². The van der Waals surface area contributed by atoms with Crippen LogP contribution in [0.15, 0.2) is 5.57 Å². The van der Waals surface area contributed by atoms with Gasteiger partial charge in [0.1, 0.15) is 11.5 Å². The molecule has 0 spiro atoms. The largest absolute Gasteiger partial charge is 0.477 e. The number of rotatable bonds is 4. The Balaban J connectivity index is 3.87. The van der Waals surface area contributed by atoms with Gasteiger partial charge in [0.25, 0.3) is 0 Å². The molecule has 0 aliphatic rings. The molecule has 0 unspecified atom stereocenters. The van der Waals surface area contributed by atoms with Gasteiger partial charge in [-0.1, -0.05) is 13.3 Å². The third-order valence-electron chi connectivity index (χ3n) is 1.16. The number of hydrogen-bond acceptors (Lipinski definition) is 2. The van der Waals surface area contributed by atoms with Crippen molar-refractivity contribution < 1.29 is 14.7 Å². The van der Waals surface area contributed by atoms with Gasteiger partial charge in [0.2, 0.25) is 0 Å². The topological polar surface area (TPSA) is 54.4 Å². The molecule has 0 aliphatic heterocycles. The quantitative estimate of drug-likeness (QED) is 0.471. The average molecular weight is 142 g/mol. The average Bonchev–Trinajstić information content (AvgIpc) is 1.89. The van der Waals surface area contributed by atoms with Crippen molar-refractivity contribution in [3.05, 3.63) is 5.57 Å². The molecular weight excluding hydrogens is 132 g/mol. The molecule has 1 N–H and O–H groups in total. The Morgan fingerprint density at radius 1 is 1.60 bits per heavy atom. The lowest BCUT2D eigenvalue weighted by atomic mass is 10.1.